The van der Waals surface area contributed by atoms with Crippen LogP contribution in [0.2, 0.25) is 0 Å². The quantitative estimate of drug-likeness (QED) is 0.499. The van der Waals surface area contributed by atoms with Crippen molar-refractivity contribution in [1.29, 1.82) is 0 Å². The topological polar surface area (TPSA) is 86.7 Å². The van der Waals surface area contributed by atoms with Crippen LogP contribution in [0.5, 0.6) is 0 Å². The fourth-order valence-corrected chi connectivity index (χ4v) is 7.06. The van der Waals surface area contributed by atoms with E-state index >= 15 is 0 Å². The Kier molecular flexibility index (Phi) is 5.26. The van der Waals surface area contributed by atoms with Gasteiger partial charge in [-0.3, -0.25) is 19.2 Å². The van der Waals surface area contributed by atoms with Gasteiger partial charge in [0.25, 0.3) is 0 Å². The average Bonchev–Trinajstić information content (AvgIpc) is 2.99. The van der Waals surface area contributed by atoms with Crippen molar-refractivity contribution in [2.45, 2.75) is 78.2 Å². The van der Waals surface area contributed by atoms with E-state index in [1.165, 1.54) is 25.0 Å². The molecule has 2 fully saturated rings. The van der Waals surface area contributed by atoms with Crippen LogP contribution in [0.4, 0.5) is 0 Å². The first-order valence-electron chi connectivity index (χ1n) is 11.3. The second-order valence-corrected chi connectivity index (χ2v) is 10.2. The summed E-state index contributed by atoms with van der Waals surface area (Å²) in [6.07, 6.45) is 9.21. The van der Waals surface area contributed by atoms with Crippen molar-refractivity contribution in [3.63, 3.8) is 0 Å². The van der Waals surface area contributed by atoms with E-state index in [0.717, 1.165) is 25.7 Å². The molecular formula is C25H32O6. The van der Waals surface area contributed by atoms with E-state index in [1.807, 2.05) is 6.08 Å². The molecule has 0 aromatic heterocycles. The van der Waals surface area contributed by atoms with Crippen LogP contribution in [-0.2, 0) is 28.7 Å². The van der Waals surface area contributed by atoms with Crippen LogP contribution in [0.1, 0.15) is 72.6 Å². The van der Waals surface area contributed by atoms with Gasteiger partial charge in [-0.05, 0) is 56.4 Å². The number of esters is 2. The molecule has 0 unspecified atom stereocenters. The number of carbonyl (C=O) groups excluding carboxylic acids is 4. The number of carbonyl (C=O) groups is 4. The van der Waals surface area contributed by atoms with Crippen LogP contribution >= 0.6 is 0 Å². The molecule has 0 bridgehead atoms. The van der Waals surface area contributed by atoms with Crippen molar-refractivity contribution in [2.24, 2.45) is 22.7 Å². The van der Waals surface area contributed by atoms with Crippen molar-refractivity contribution in [2.75, 3.05) is 6.61 Å². The smallest absolute Gasteiger partial charge is 0.303 e. The van der Waals surface area contributed by atoms with Crippen molar-refractivity contribution in [1.82, 2.24) is 0 Å². The first-order chi connectivity index (χ1) is 14.5. The van der Waals surface area contributed by atoms with Crippen LogP contribution in [0.3, 0.4) is 0 Å². The van der Waals surface area contributed by atoms with E-state index in [0.29, 0.717) is 25.2 Å². The number of ether oxygens (including phenoxy) is 2. The van der Waals surface area contributed by atoms with Gasteiger partial charge in [0.1, 0.15) is 0 Å². The Morgan fingerprint density at radius 3 is 2.48 bits per heavy atom. The highest BCUT2D eigenvalue weighted by Crippen LogP contribution is 2.66. The second-order valence-electron chi connectivity index (χ2n) is 10.2. The Labute approximate surface area is 183 Å². The number of ketones is 2. The van der Waals surface area contributed by atoms with Crippen LogP contribution in [0, 0.1) is 22.7 Å². The summed E-state index contributed by atoms with van der Waals surface area (Å²) >= 11 is 0. The number of fused-ring (bicyclic) bond motifs is 5. The van der Waals surface area contributed by atoms with Crippen LogP contribution in [-0.4, -0.2) is 35.7 Å². The van der Waals surface area contributed by atoms with Crippen molar-refractivity contribution >= 4 is 23.5 Å². The molecule has 0 saturated heterocycles. The number of Topliss-reactive ketones (excluding diaryl/α,β-unsaturated/α-hetero) is 1. The van der Waals surface area contributed by atoms with E-state index < -0.39 is 23.0 Å². The molecule has 0 aromatic carbocycles. The Morgan fingerprint density at radius 2 is 1.81 bits per heavy atom. The molecule has 6 heteroatoms. The molecule has 0 aromatic rings. The summed E-state index contributed by atoms with van der Waals surface area (Å²) in [6.45, 7) is 6.54. The van der Waals surface area contributed by atoms with Crippen LogP contribution in [0.15, 0.2) is 23.3 Å². The minimum atomic E-state index is -1.28. The van der Waals surface area contributed by atoms with Crippen molar-refractivity contribution < 1.29 is 28.7 Å². The first kappa shape index (κ1) is 22.0. The highest BCUT2D eigenvalue weighted by atomic mass is 16.6. The highest BCUT2D eigenvalue weighted by molar-refractivity contribution is 5.93. The zero-order valence-electron chi connectivity index (χ0n) is 18.9. The monoisotopic (exact) mass is 428 g/mol. The van der Waals surface area contributed by atoms with E-state index in [9.17, 15) is 19.2 Å². The molecule has 0 radical (unpaired) electrons. The Hall–Kier alpha value is -2.24. The first-order valence-corrected chi connectivity index (χ1v) is 11.3. The highest BCUT2D eigenvalue weighted by Gasteiger charge is 2.67. The minimum Gasteiger partial charge on any atom is -0.458 e. The third kappa shape index (κ3) is 3.21. The van der Waals surface area contributed by atoms with E-state index in [1.54, 1.807) is 0 Å². The van der Waals surface area contributed by atoms with E-state index in [2.05, 4.69) is 19.9 Å². The number of hydrogen-bond acceptors (Lipinski definition) is 6. The Balaban J connectivity index is 1.73. The molecule has 0 amide bonds. The molecule has 6 nitrogen and oxygen atoms in total. The van der Waals surface area contributed by atoms with E-state index in [-0.39, 0.29) is 29.5 Å². The van der Waals surface area contributed by atoms with Gasteiger partial charge in [0.15, 0.2) is 18.0 Å². The van der Waals surface area contributed by atoms with Gasteiger partial charge in [-0.15, -0.1) is 0 Å². The maximum Gasteiger partial charge on any atom is 0.303 e. The van der Waals surface area contributed by atoms with Gasteiger partial charge >= 0.3 is 11.9 Å². The predicted octanol–water partition coefficient (Wildman–Crippen LogP) is 3.87. The Morgan fingerprint density at radius 1 is 1.06 bits per heavy atom. The standard InChI is InChI=1S/C25H32O6/c1-15(26)30-14-22(29)25(31-16(2)27)12-9-21-19-6-5-17-13-18(28)7-10-23(17,3)20(19)8-11-24(21,25)4/h8,13,19,21H,5-7,9-12,14H2,1-4H3/t19-,21-,23+,24+,25+/m1/s1. The van der Waals surface area contributed by atoms with Gasteiger partial charge in [0.05, 0.1) is 0 Å². The summed E-state index contributed by atoms with van der Waals surface area (Å²) in [6, 6.07) is 0. The summed E-state index contributed by atoms with van der Waals surface area (Å²) in [5.74, 6) is -0.622. The third-order valence-corrected chi connectivity index (χ3v) is 8.63. The van der Waals surface area contributed by atoms with Gasteiger partial charge in [-0.25, -0.2) is 0 Å². The van der Waals surface area contributed by atoms with Crippen LogP contribution in [0.25, 0.3) is 0 Å². The van der Waals surface area contributed by atoms with Gasteiger partial charge in [0, 0.05) is 31.1 Å². The Bertz CT molecular complexity index is 913. The summed E-state index contributed by atoms with van der Waals surface area (Å²) < 4.78 is 10.8. The lowest BCUT2D eigenvalue weighted by Gasteiger charge is -2.55. The van der Waals surface area contributed by atoms with Crippen molar-refractivity contribution in [3.8, 4) is 0 Å². The largest absolute Gasteiger partial charge is 0.458 e. The zero-order valence-corrected chi connectivity index (χ0v) is 18.9. The SMILES string of the molecule is CC(=O)OCC(=O)[C@@]1(OC(C)=O)CC[C@@H]2[C@@H]3CCC4=CC(=O)CC[C@]4(C)C3=CC[C@@]21C. The molecule has 0 N–H and O–H groups in total. The molecule has 0 aliphatic heterocycles. The molecule has 168 valence electrons. The third-order valence-electron chi connectivity index (χ3n) is 8.63. The van der Waals surface area contributed by atoms with Gasteiger partial charge < -0.3 is 9.47 Å². The van der Waals surface area contributed by atoms with Crippen molar-refractivity contribution in [3.05, 3.63) is 23.3 Å². The molecule has 31 heavy (non-hydrogen) atoms. The molecule has 4 aliphatic rings. The van der Waals surface area contributed by atoms with Gasteiger partial charge in [0.2, 0.25) is 5.78 Å². The predicted molar refractivity (Wildman–Crippen MR) is 113 cm³/mol. The zero-order chi connectivity index (χ0) is 22.6. The molecule has 0 spiro atoms. The van der Waals surface area contributed by atoms with Gasteiger partial charge in [-0.1, -0.05) is 31.1 Å². The maximum atomic E-state index is 13.3. The van der Waals surface area contributed by atoms with E-state index in [4.69, 9.17) is 9.47 Å². The lowest BCUT2D eigenvalue weighted by molar-refractivity contribution is -0.184. The molecule has 2 saturated carbocycles. The lowest BCUT2D eigenvalue weighted by atomic mass is 9.50. The molecule has 0 heterocycles. The summed E-state index contributed by atoms with van der Waals surface area (Å²) in [7, 11) is 0. The molecule has 4 aliphatic carbocycles. The summed E-state index contributed by atoms with van der Waals surface area (Å²) in [4.78, 5) is 48.7. The second kappa shape index (κ2) is 7.42. The fourth-order valence-electron chi connectivity index (χ4n) is 7.06. The number of allylic oxidation sites excluding steroid dienone is 4. The molecular weight excluding hydrogens is 396 g/mol. The maximum absolute atomic E-state index is 13.3. The lowest BCUT2D eigenvalue weighted by Crippen LogP contribution is -2.57. The average molecular weight is 429 g/mol. The number of hydrogen-bond donors (Lipinski definition) is 0. The fraction of sp³-hybridized carbons (Fsp3) is 0.680. The summed E-state index contributed by atoms with van der Waals surface area (Å²) in [5.41, 5.74) is 0.718. The van der Waals surface area contributed by atoms with Gasteiger partial charge in [-0.2, -0.15) is 0 Å². The minimum absolute atomic E-state index is 0.0907. The summed E-state index contributed by atoms with van der Waals surface area (Å²) in [5, 5.41) is 0. The number of rotatable bonds is 4. The molecule has 5 atom stereocenters. The molecule has 4 rings (SSSR count). The normalized spacial score (nSPS) is 38.8. The van der Waals surface area contributed by atoms with Crippen LogP contribution < -0.4 is 0 Å².